The van der Waals surface area contributed by atoms with Gasteiger partial charge in [0.1, 0.15) is 5.76 Å². The number of hydrogen-bond donors (Lipinski definition) is 4. The number of para-hydroxylation sites is 1. The molecule has 2 aliphatic rings. The second-order valence-electron chi connectivity index (χ2n) is 8.05. The standard InChI is InChI=1S/C22H27N5O5S/c1-3-16(18-10-13(2)12-32-18)23-20-21(26-33(31)25-20)24-17-8-4-7-15(19(17)29)22(30)27-9-5-6-14(27)11-28/h4,7-8,10,12,14,16,28-29H,3,5-6,9,11H2,1-2H3,(H,23,25)(H,24,26)/t14?,16-,33?/m1/s1. The lowest BCUT2D eigenvalue weighted by atomic mass is 10.1. The average molecular weight is 474 g/mol. The first-order chi connectivity index (χ1) is 15.9. The molecule has 1 amide bonds. The van der Waals surface area contributed by atoms with E-state index in [1.54, 1.807) is 23.3 Å². The number of anilines is 1. The van der Waals surface area contributed by atoms with Gasteiger partial charge in [0.05, 0.1) is 36.2 Å². The smallest absolute Gasteiger partial charge is 0.269 e. The first-order valence-electron chi connectivity index (χ1n) is 10.8. The maximum atomic E-state index is 13.0. The highest BCUT2D eigenvalue weighted by molar-refractivity contribution is 7.83. The van der Waals surface area contributed by atoms with Crippen molar-refractivity contribution in [3.05, 3.63) is 47.4 Å². The summed E-state index contributed by atoms with van der Waals surface area (Å²) in [6.45, 7) is 4.31. The third-order valence-electron chi connectivity index (χ3n) is 5.74. The summed E-state index contributed by atoms with van der Waals surface area (Å²) >= 11 is -1.82. The topological polar surface area (TPSA) is 140 Å². The molecule has 2 unspecified atom stereocenters. The molecule has 2 aromatic rings. The molecule has 0 aliphatic carbocycles. The Bertz CT molecular complexity index is 1130. The fourth-order valence-electron chi connectivity index (χ4n) is 4.01. The molecule has 176 valence electrons. The Morgan fingerprint density at radius 2 is 2.15 bits per heavy atom. The lowest BCUT2D eigenvalue weighted by Gasteiger charge is -2.24. The van der Waals surface area contributed by atoms with Crippen LogP contribution in [-0.2, 0) is 11.2 Å². The van der Waals surface area contributed by atoms with Gasteiger partial charge in [-0.05, 0) is 49.9 Å². The highest BCUT2D eigenvalue weighted by atomic mass is 32.2. The van der Waals surface area contributed by atoms with Crippen LogP contribution in [-0.4, -0.2) is 56.1 Å². The number of carbonyl (C=O) groups excluding carboxylic acids is 1. The van der Waals surface area contributed by atoms with Gasteiger partial charge in [-0.3, -0.25) is 4.79 Å². The molecular weight excluding hydrogens is 446 g/mol. The molecule has 0 spiro atoms. The number of aryl methyl sites for hydroxylation is 1. The molecule has 4 rings (SSSR count). The first kappa shape index (κ1) is 23.0. The number of amidine groups is 2. The van der Waals surface area contributed by atoms with Crippen molar-refractivity contribution in [2.24, 2.45) is 8.80 Å². The zero-order valence-corrected chi connectivity index (χ0v) is 19.3. The summed E-state index contributed by atoms with van der Waals surface area (Å²) in [7, 11) is 0. The van der Waals surface area contributed by atoms with Crippen LogP contribution in [0.4, 0.5) is 5.69 Å². The van der Waals surface area contributed by atoms with Crippen molar-refractivity contribution >= 4 is 34.4 Å². The van der Waals surface area contributed by atoms with Crippen molar-refractivity contribution in [3.8, 4) is 5.75 Å². The van der Waals surface area contributed by atoms with Gasteiger partial charge in [-0.2, -0.15) is 0 Å². The number of carbonyl (C=O) groups is 1. The number of phenolic OH excluding ortho intramolecular Hbond substituents is 1. The van der Waals surface area contributed by atoms with E-state index in [4.69, 9.17) is 4.42 Å². The van der Waals surface area contributed by atoms with Crippen LogP contribution < -0.4 is 10.6 Å². The number of benzene rings is 1. The highest BCUT2D eigenvalue weighted by Crippen LogP contribution is 2.31. The van der Waals surface area contributed by atoms with Crippen LogP contribution in [0.25, 0.3) is 0 Å². The highest BCUT2D eigenvalue weighted by Gasteiger charge is 2.31. The maximum absolute atomic E-state index is 13.0. The van der Waals surface area contributed by atoms with Crippen LogP contribution in [0.1, 0.15) is 53.9 Å². The summed E-state index contributed by atoms with van der Waals surface area (Å²) in [6, 6.07) is 6.20. The predicted molar refractivity (Wildman–Crippen MR) is 125 cm³/mol. The quantitative estimate of drug-likeness (QED) is 0.473. The van der Waals surface area contributed by atoms with Gasteiger partial charge in [-0.15, -0.1) is 8.80 Å². The summed E-state index contributed by atoms with van der Waals surface area (Å²) in [5.74, 6) is 0.569. The molecule has 10 nitrogen and oxygen atoms in total. The van der Waals surface area contributed by atoms with Crippen molar-refractivity contribution in [3.63, 3.8) is 0 Å². The van der Waals surface area contributed by atoms with Crippen molar-refractivity contribution < 1.29 is 23.6 Å². The van der Waals surface area contributed by atoms with E-state index in [-0.39, 0.29) is 53.3 Å². The van der Waals surface area contributed by atoms with Gasteiger partial charge in [0.25, 0.3) is 17.1 Å². The molecule has 3 atom stereocenters. The molecule has 0 saturated carbocycles. The fourth-order valence-corrected chi connectivity index (χ4v) is 4.63. The van der Waals surface area contributed by atoms with E-state index in [0.29, 0.717) is 18.7 Å². The molecule has 1 aromatic heterocycles. The van der Waals surface area contributed by atoms with Gasteiger partial charge in [0, 0.05) is 6.54 Å². The largest absolute Gasteiger partial charge is 0.505 e. The van der Waals surface area contributed by atoms with Crippen LogP contribution in [0, 0.1) is 6.92 Å². The van der Waals surface area contributed by atoms with Crippen LogP contribution >= 0.6 is 0 Å². The number of likely N-dealkylation sites (tertiary alicyclic amines) is 1. The van der Waals surface area contributed by atoms with Crippen LogP contribution in [0.5, 0.6) is 5.75 Å². The average Bonchev–Trinajstić information content (AvgIpc) is 3.53. The Morgan fingerprint density at radius 3 is 2.85 bits per heavy atom. The minimum atomic E-state index is -1.82. The Kier molecular flexibility index (Phi) is 6.80. The lowest BCUT2D eigenvalue weighted by molar-refractivity contribution is 0.0674. The van der Waals surface area contributed by atoms with Gasteiger partial charge >= 0.3 is 0 Å². The van der Waals surface area contributed by atoms with E-state index in [2.05, 4.69) is 19.4 Å². The number of hydrogen-bond acceptors (Lipinski definition) is 7. The van der Waals surface area contributed by atoms with Gasteiger partial charge in [-0.1, -0.05) is 13.0 Å². The number of phenols is 1. The first-order valence-corrected chi connectivity index (χ1v) is 11.9. The Morgan fingerprint density at radius 1 is 1.36 bits per heavy atom. The monoisotopic (exact) mass is 473 g/mol. The zero-order chi connectivity index (χ0) is 23.5. The molecule has 1 saturated heterocycles. The second-order valence-corrected chi connectivity index (χ2v) is 8.87. The van der Waals surface area contributed by atoms with Crippen LogP contribution in [0.15, 0.2) is 43.7 Å². The summed E-state index contributed by atoms with van der Waals surface area (Å²) in [4.78, 5) is 14.6. The van der Waals surface area contributed by atoms with Crippen molar-refractivity contribution in [1.82, 2.24) is 10.2 Å². The molecule has 4 N–H and O–H groups in total. The number of rotatable bonds is 6. The summed E-state index contributed by atoms with van der Waals surface area (Å²) in [6.07, 6.45) is 3.87. The van der Waals surface area contributed by atoms with Gasteiger partial charge < -0.3 is 30.2 Å². The van der Waals surface area contributed by atoms with E-state index < -0.39 is 11.2 Å². The number of aliphatic hydroxyl groups is 1. The third-order valence-corrected chi connectivity index (χ3v) is 6.42. The number of aromatic hydroxyl groups is 1. The fraction of sp³-hybridized carbons (Fsp3) is 0.409. The van der Waals surface area contributed by atoms with Crippen molar-refractivity contribution in [2.45, 2.75) is 45.2 Å². The minimum absolute atomic E-state index is 0.115. The molecule has 33 heavy (non-hydrogen) atoms. The van der Waals surface area contributed by atoms with Gasteiger partial charge in [-0.25, -0.2) is 4.21 Å². The summed E-state index contributed by atoms with van der Waals surface area (Å²) in [5, 5.41) is 26.5. The molecule has 0 bridgehead atoms. The van der Waals surface area contributed by atoms with E-state index in [1.807, 2.05) is 19.9 Å². The molecule has 3 heterocycles. The normalized spacial score (nSPS) is 21.0. The van der Waals surface area contributed by atoms with E-state index in [9.17, 15) is 19.2 Å². The van der Waals surface area contributed by atoms with E-state index >= 15 is 0 Å². The number of amides is 1. The van der Waals surface area contributed by atoms with E-state index in [1.165, 1.54) is 6.07 Å². The number of aliphatic hydroxyl groups excluding tert-OH is 1. The van der Waals surface area contributed by atoms with Crippen LogP contribution in [0.3, 0.4) is 0 Å². The Labute approximate surface area is 194 Å². The summed E-state index contributed by atoms with van der Waals surface area (Å²) < 4.78 is 25.7. The molecule has 2 aliphatic heterocycles. The molecule has 11 heteroatoms. The number of nitrogens with zero attached hydrogens (tertiary/aromatic N) is 3. The van der Waals surface area contributed by atoms with Gasteiger partial charge in [0.15, 0.2) is 17.4 Å². The van der Waals surface area contributed by atoms with E-state index in [0.717, 1.165) is 18.4 Å². The third kappa shape index (κ3) is 4.79. The summed E-state index contributed by atoms with van der Waals surface area (Å²) in [5.41, 5.74) is 1.33. The minimum Gasteiger partial charge on any atom is -0.505 e. The van der Waals surface area contributed by atoms with Crippen molar-refractivity contribution in [2.75, 3.05) is 18.5 Å². The molecular formula is C22H27N5O5S. The van der Waals surface area contributed by atoms with Gasteiger partial charge in [0.2, 0.25) is 0 Å². The lowest BCUT2D eigenvalue weighted by Crippen LogP contribution is -2.38. The predicted octanol–water partition coefficient (Wildman–Crippen LogP) is 2.43. The van der Waals surface area contributed by atoms with Crippen LogP contribution in [0.2, 0.25) is 0 Å². The number of furan rings is 1. The second kappa shape index (κ2) is 9.75. The Balaban J connectivity index is 1.54. The maximum Gasteiger partial charge on any atom is 0.269 e. The SMILES string of the molecule is CC[C@@H](NC1=NS(=O)N=C1Nc1cccc(C(=O)N2CCCC2CO)c1O)c1cc(C)co1. The number of nitrogens with one attached hydrogen (secondary N) is 2. The molecule has 0 radical (unpaired) electrons. The Hall–Kier alpha value is -3.18. The molecule has 1 aromatic carbocycles. The molecule has 1 fully saturated rings. The van der Waals surface area contributed by atoms with Crippen molar-refractivity contribution in [1.29, 1.82) is 0 Å². The zero-order valence-electron chi connectivity index (χ0n) is 18.4.